The Bertz CT molecular complexity index is 495. The molecule has 26 heavy (non-hydrogen) atoms. The van der Waals surface area contributed by atoms with E-state index in [4.69, 9.17) is 4.74 Å². The van der Waals surface area contributed by atoms with E-state index < -0.39 is 0 Å². The molecular weight excluding hydrogens is 318 g/mol. The van der Waals surface area contributed by atoms with Crippen molar-refractivity contribution in [2.24, 2.45) is 23.7 Å². The van der Waals surface area contributed by atoms with Crippen LogP contribution in [0.3, 0.4) is 0 Å². The van der Waals surface area contributed by atoms with Gasteiger partial charge in [0.2, 0.25) is 0 Å². The van der Waals surface area contributed by atoms with E-state index in [9.17, 15) is 0 Å². The van der Waals surface area contributed by atoms with Crippen LogP contribution in [0.2, 0.25) is 0 Å². The summed E-state index contributed by atoms with van der Waals surface area (Å²) in [7, 11) is 0. The van der Waals surface area contributed by atoms with E-state index in [2.05, 4.69) is 24.0 Å². The fourth-order valence-corrected chi connectivity index (χ4v) is 5.47. The molecule has 2 aliphatic rings. The number of hydrogen-bond donors (Lipinski definition) is 0. The highest BCUT2D eigenvalue weighted by molar-refractivity contribution is 5.19. The summed E-state index contributed by atoms with van der Waals surface area (Å²) in [5.74, 6) is 4.96. The van der Waals surface area contributed by atoms with E-state index in [1.165, 1.54) is 76.3 Å². The van der Waals surface area contributed by atoms with E-state index in [0.29, 0.717) is 6.61 Å². The molecule has 0 aromatic carbocycles. The van der Waals surface area contributed by atoms with Crippen LogP contribution < -0.4 is 4.74 Å². The lowest BCUT2D eigenvalue weighted by Crippen LogP contribution is -2.26. The molecule has 0 N–H and O–H groups in total. The van der Waals surface area contributed by atoms with Crippen molar-refractivity contribution in [1.82, 2.24) is 4.98 Å². The van der Waals surface area contributed by atoms with Crippen molar-refractivity contribution < 1.29 is 4.74 Å². The Balaban J connectivity index is 1.35. The molecule has 0 saturated heterocycles. The topological polar surface area (TPSA) is 22.1 Å². The predicted molar refractivity (Wildman–Crippen MR) is 110 cm³/mol. The second kappa shape index (κ2) is 10.3. The first-order valence-electron chi connectivity index (χ1n) is 11.4. The summed E-state index contributed by atoms with van der Waals surface area (Å²) in [5.41, 5.74) is 1.23. The Kier molecular flexibility index (Phi) is 7.83. The highest BCUT2D eigenvalue weighted by atomic mass is 16.5. The van der Waals surface area contributed by atoms with E-state index in [1.54, 1.807) is 0 Å². The summed E-state index contributed by atoms with van der Waals surface area (Å²) >= 11 is 0. The Morgan fingerprint density at radius 1 is 0.846 bits per heavy atom. The Morgan fingerprint density at radius 3 is 1.96 bits per heavy atom. The number of ether oxygens (including phenoxy) is 1. The van der Waals surface area contributed by atoms with Crippen LogP contribution in [-0.2, 0) is 6.42 Å². The Hall–Kier alpha value is -1.05. The van der Waals surface area contributed by atoms with Gasteiger partial charge in [-0.15, -0.1) is 0 Å². The largest absolute Gasteiger partial charge is 0.492 e. The molecular formula is C24H39NO. The number of hydrogen-bond acceptors (Lipinski definition) is 2. The lowest BCUT2D eigenvalue weighted by molar-refractivity contribution is 0.141. The highest BCUT2D eigenvalue weighted by Crippen LogP contribution is 2.42. The standard InChI is InChI=1S/C24H39NO/c1-3-5-19-6-11-21(12-7-19)22-13-8-20(9-14-22)10-15-23-16-17-24(18-25-23)26-4-2/h16-22H,3-15H2,1-2H3/t19-,20?,21-,22?. The minimum atomic E-state index is 0.713. The Morgan fingerprint density at radius 2 is 1.46 bits per heavy atom. The first kappa shape index (κ1) is 19.7. The summed E-state index contributed by atoms with van der Waals surface area (Å²) in [4.78, 5) is 4.57. The minimum absolute atomic E-state index is 0.713. The fraction of sp³-hybridized carbons (Fsp3) is 0.792. The van der Waals surface area contributed by atoms with Gasteiger partial charge in [-0.25, -0.2) is 0 Å². The Labute approximate surface area is 161 Å². The van der Waals surface area contributed by atoms with Gasteiger partial charge in [0.05, 0.1) is 12.8 Å². The molecule has 0 amide bonds. The van der Waals surface area contributed by atoms with Crippen molar-refractivity contribution >= 4 is 0 Å². The zero-order chi connectivity index (χ0) is 18.2. The zero-order valence-electron chi connectivity index (χ0n) is 17.1. The first-order valence-corrected chi connectivity index (χ1v) is 11.4. The number of aryl methyl sites for hydroxylation is 1. The third-order valence-electron chi connectivity index (χ3n) is 7.06. The van der Waals surface area contributed by atoms with Gasteiger partial charge >= 0.3 is 0 Å². The second-order valence-corrected chi connectivity index (χ2v) is 8.81. The molecule has 1 aromatic heterocycles. The van der Waals surface area contributed by atoms with Crippen molar-refractivity contribution in [3.05, 3.63) is 24.0 Å². The molecule has 0 radical (unpaired) electrons. The second-order valence-electron chi connectivity index (χ2n) is 8.81. The molecule has 1 heterocycles. The maximum absolute atomic E-state index is 5.48. The van der Waals surface area contributed by atoms with Crippen LogP contribution in [0.1, 0.15) is 90.2 Å². The van der Waals surface area contributed by atoms with Crippen molar-refractivity contribution in [3.8, 4) is 5.75 Å². The van der Waals surface area contributed by atoms with Crippen LogP contribution in [0.4, 0.5) is 0 Å². The number of aromatic nitrogens is 1. The smallest absolute Gasteiger partial charge is 0.137 e. The lowest BCUT2D eigenvalue weighted by Gasteiger charge is -2.38. The van der Waals surface area contributed by atoms with E-state index in [-0.39, 0.29) is 0 Å². The molecule has 2 nitrogen and oxygen atoms in total. The van der Waals surface area contributed by atoms with Crippen molar-refractivity contribution in [3.63, 3.8) is 0 Å². The summed E-state index contributed by atoms with van der Waals surface area (Å²) < 4.78 is 5.48. The molecule has 0 spiro atoms. The van der Waals surface area contributed by atoms with Crippen molar-refractivity contribution in [2.75, 3.05) is 6.61 Å². The molecule has 2 heteroatoms. The van der Waals surface area contributed by atoms with Crippen LogP contribution in [0.15, 0.2) is 18.3 Å². The maximum Gasteiger partial charge on any atom is 0.137 e. The average molecular weight is 358 g/mol. The molecule has 2 saturated carbocycles. The molecule has 2 fully saturated rings. The van der Waals surface area contributed by atoms with Gasteiger partial charge < -0.3 is 4.74 Å². The first-order chi connectivity index (χ1) is 12.8. The minimum Gasteiger partial charge on any atom is -0.492 e. The number of pyridine rings is 1. The third kappa shape index (κ3) is 5.72. The summed E-state index contributed by atoms with van der Waals surface area (Å²) in [6.07, 6.45) is 19.1. The van der Waals surface area contributed by atoms with Crippen LogP contribution in [0, 0.1) is 23.7 Å². The van der Waals surface area contributed by atoms with Gasteiger partial charge in [0.1, 0.15) is 5.75 Å². The van der Waals surface area contributed by atoms with Gasteiger partial charge in [-0.05, 0) is 81.3 Å². The zero-order valence-corrected chi connectivity index (χ0v) is 17.1. The van der Waals surface area contributed by atoms with E-state index >= 15 is 0 Å². The monoisotopic (exact) mass is 357 g/mol. The molecule has 146 valence electrons. The SMILES string of the molecule is CCC[C@H]1CC[C@H](C2CCC(CCc3ccc(OCC)cn3)CC2)CC1. The van der Waals surface area contributed by atoms with Gasteiger partial charge in [0.15, 0.2) is 0 Å². The van der Waals surface area contributed by atoms with Crippen LogP contribution in [0.25, 0.3) is 0 Å². The fourth-order valence-electron chi connectivity index (χ4n) is 5.47. The number of nitrogens with zero attached hydrogens (tertiary/aromatic N) is 1. The highest BCUT2D eigenvalue weighted by Gasteiger charge is 2.30. The lowest BCUT2D eigenvalue weighted by atomic mass is 9.68. The van der Waals surface area contributed by atoms with Gasteiger partial charge in [0.25, 0.3) is 0 Å². The van der Waals surface area contributed by atoms with Crippen molar-refractivity contribution in [2.45, 2.75) is 90.9 Å². The molecule has 0 unspecified atom stereocenters. The van der Waals surface area contributed by atoms with E-state index in [0.717, 1.165) is 35.8 Å². The van der Waals surface area contributed by atoms with Crippen LogP contribution >= 0.6 is 0 Å². The molecule has 0 aliphatic heterocycles. The normalized spacial score (nSPS) is 29.5. The maximum atomic E-state index is 5.48. The van der Waals surface area contributed by atoms with Crippen LogP contribution in [0.5, 0.6) is 5.75 Å². The van der Waals surface area contributed by atoms with Gasteiger partial charge in [-0.2, -0.15) is 0 Å². The number of rotatable bonds is 8. The summed E-state index contributed by atoms with van der Waals surface area (Å²) in [6.45, 7) is 5.07. The molecule has 2 aliphatic carbocycles. The van der Waals surface area contributed by atoms with Gasteiger partial charge in [-0.1, -0.05) is 45.4 Å². The average Bonchev–Trinajstić information content (AvgIpc) is 2.69. The summed E-state index contributed by atoms with van der Waals surface area (Å²) in [6, 6.07) is 4.21. The molecule has 3 rings (SSSR count). The van der Waals surface area contributed by atoms with E-state index in [1.807, 2.05) is 13.1 Å². The van der Waals surface area contributed by atoms with Gasteiger partial charge in [0, 0.05) is 5.69 Å². The molecule has 1 aromatic rings. The van der Waals surface area contributed by atoms with Crippen LogP contribution in [-0.4, -0.2) is 11.6 Å². The third-order valence-corrected chi connectivity index (χ3v) is 7.06. The molecule has 0 atom stereocenters. The van der Waals surface area contributed by atoms with Crippen molar-refractivity contribution in [1.29, 1.82) is 0 Å². The quantitative estimate of drug-likeness (QED) is 0.509. The predicted octanol–water partition coefficient (Wildman–Crippen LogP) is 6.83. The molecule has 0 bridgehead atoms. The summed E-state index contributed by atoms with van der Waals surface area (Å²) in [5, 5.41) is 0. The van der Waals surface area contributed by atoms with Gasteiger partial charge in [-0.3, -0.25) is 4.98 Å².